The van der Waals surface area contributed by atoms with E-state index in [0.717, 1.165) is 25.7 Å². The van der Waals surface area contributed by atoms with Crippen LogP contribution in [-0.4, -0.2) is 22.2 Å². The molecule has 2 unspecified atom stereocenters. The van der Waals surface area contributed by atoms with Gasteiger partial charge in [0.2, 0.25) is 0 Å². The predicted octanol–water partition coefficient (Wildman–Crippen LogP) is 2.59. The number of aryl methyl sites for hydroxylation is 1. The molecule has 0 saturated heterocycles. The summed E-state index contributed by atoms with van der Waals surface area (Å²) in [5.41, 5.74) is 0.661. The van der Waals surface area contributed by atoms with Gasteiger partial charge >= 0.3 is 0 Å². The van der Waals surface area contributed by atoms with Crippen LogP contribution in [0.1, 0.15) is 31.2 Å². The van der Waals surface area contributed by atoms with E-state index in [-0.39, 0.29) is 11.8 Å². The van der Waals surface area contributed by atoms with E-state index in [1.54, 1.807) is 19.1 Å². The van der Waals surface area contributed by atoms with Gasteiger partial charge in [0, 0.05) is 5.56 Å². The zero-order valence-electron chi connectivity index (χ0n) is 10.3. The molecule has 0 radical (unpaired) electrons. The topological polar surface area (TPSA) is 72.6 Å². The smallest absolute Gasteiger partial charge is 0.276 e. The summed E-state index contributed by atoms with van der Waals surface area (Å²) in [6.45, 7) is 1.69. The lowest BCUT2D eigenvalue weighted by molar-refractivity contribution is -0.385. The average molecular weight is 251 g/mol. The van der Waals surface area contributed by atoms with Gasteiger partial charge in [0.15, 0.2) is 0 Å². The first-order valence-electron chi connectivity index (χ1n) is 6.17. The predicted molar refractivity (Wildman–Crippen MR) is 66.7 cm³/mol. The summed E-state index contributed by atoms with van der Waals surface area (Å²) in [5, 5.41) is 20.6. The van der Waals surface area contributed by atoms with Crippen molar-refractivity contribution >= 4 is 5.69 Å². The molecule has 0 aliphatic heterocycles. The summed E-state index contributed by atoms with van der Waals surface area (Å²) in [6.07, 6.45) is 2.84. The zero-order valence-corrected chi connectivity index (χ0v) is 10.3. The van der Waals surface area contributed by atoms with Gasteiger partial charge in [0.05, 0.1) is 17.1 Å². The van der Waals surface area contributed by atoms with Crippen LogP contribution in [0, 0.1) is 17.0 Å². The van der Waals surface area contributed by atoms with Crippen LogP contribution < -0.4 is 4.74 Å². The summed E-state index contributed by atoms with van der Waals surface area (Å²) >= 11 is 0. The number of nitro benzene ring substituents is 1. The van der Waals surface area contributed by atoms with E-state index in [1.165, 1.54) is 6.07 Å². The van der Waals surface area contributed by atoms with Crippen molar-refractivity contribution in [3.05, 3.63) is 33.9 Å². The normalized spacial score (nSPS) is 23.7. The highest BCUT2D eigenvalue weighted by Crippen LogP contribution is 2.28. The number of benzene rings is 1. The highest BCUT2D eigenvalue weighted by atomic mass is 16.6. The van der Waals surface area contributed by atoms with E-state index >= 15 is 0 Å². The first-order chi connectivity index (χ1) is 8.58. The Morgan fingerprint density at radius 1 is 1.39 bits per heavy atom. The quantitative estimate of drug-likeness (QED) is 0.662. The van der Waals surface area contributed by atoms with Gasteiger partial charge in [0.1, 0.15) is 11.9 Å². The minimum Gasteiger partial charge on any atom is -0.487 e. The average Bonchev–Trinajstić information content (AvgIpc) is 2.34. The second-order valence-electron chi connectivity index (χ2n) is 4.71. The molecule has 0 spiro atoms. The third-order valence-corrected chi connectivity index (χ3v) is 3.33. The van der Waals surface area contributed by atoms with Gasteiger partial charge in [-0.1, -0.05) is 6.42 Å². The van der Waals surface area contributed by atoms with E-state index in [1.807, 2.05) is 0 Å². The monoisotopic (exact) mass is 251 g/mol. The first-order valence-corrected chi connectivity index (χ1v) is 6.17. The van der Waals surface area contributed by atoms with Crippen LogP contribution in [0.2, 0.25) is 0 Å². The van der Waals surface area contributed by atoms with E-state index < -0.39 is 11.0 Å². The molecule has 0 amide bonds. The summed E-state index contributed by atoms with van der Waals surface area (Å²) in [5.74, 6) is 0.457. The molecule has 1 aromatic rings. The molecular weight excluding hydrogens is 234 g/mol. The summed E-state index contributed by atoms with van der Waals surface area (Å²) < 4.78 is 5.66. The maximum atomic E-state index is 10.8. The molecular formula is C13H17NO4. The lowest BCUT2D eigenvalue weighted by Crippen LogP contribution is -2.34. The van der Waals surface area contributed by atoms with E-state index in [0.29, 0.717) is 11.3 Å². The van der Waals surface area contributed by atoms with E-state index in [9.17, 15) is 15.2 Å². The van der Waals surface area contributed by atoms with Crippen molar-refractivity contribution in [3.8, 4) is 5.75 Å². The fraction of sp³-hybridized carbons (Fsp3) is 0.538. The van der Waals surface area contributed by atoms with Crippen molar-refractivity contribution in [1.82, 2.24) is 0 Å². The van der Waals surface area contributed by atoms with Gasteiger partial charge in [-0.05, 0) is 38.3 Å². The van der Waals surface area contributed by atoms with Crippen LogP contribution in [0.25, 0.3) is 0 Å². The minimum absolute atomic E-state index is 0.0535. The van der Waals surface area contributed by atoms with Crippen LogP contribution in [0.3, 0.4) is 0 Å². The van der Waals surface area contributed by atoms with Crippen molar-refractivity contribution in [2.45, 2.75) is 44.8 Å². The van der Waals surface area contributed by atoms with Crippen molar-refractivity contribution in [1.29, 1.82) is 0 Å². The SMILES string of the molecule is Cc1ccc(OC2CCCCC2O)cc1[N+](=O)[O-]. The molecule has 1 N–H and O–H groups in total. The first kappa shape index (κ1) is 12.8. The van der Waals surface area contributed by atoms with Crippen LogP contribution in [0.4, 0.5) is 5.69 Å². The van der Waals surface area contributed by atoms with Crippen LogP contribution in [-0.2, 0) is 0 Å². The summed E-state index contributed by atoms with van der Waals surface area (Å²) in [6, 6.07) is 4.81. The second-order valence-corrected chi connectivity index (χ2v) is 4.71. The largest absolute Gasteiger partial charge is 0.487 e. The number of aliphatic hydroxyl groups is 1. The number of nitrogens with zero attached hydrogens (tertiary/aromatic N) is 1. The standard InChI is InChI=1S/C13H17NO4/c1-9-6-7-10(8-11(9)14(16)17)18-13-5-3-2-4-12(13)15/h6-8,12-13,15H,2-5H2,1H3. The molecule has 2 atom stereocenters. The molecule has 0 aromatic heterocycles. The summed E-state index contributed by atoms with van der Waals surface area (Å²) in [4.78, 5) is 10.4. The van der Waals surface area contributed by atoms with Gasteiger partial charge in [-0.3, -0.25) is 10.1 Å². The Balaban J connectivity index is 2.14. The third-order valence-electron chi connectivity index (χ3n) is 3.33. The van der Waals surface area contributed by atoms with Gasteiger partial charge in [-0.15, -0.1) is 0 Å². The Morgan fingerprint density at radius 3 is 2.78 bits per heavy atom. The molecule has 1 saturated carbocycles. The summed E-state index contributed by atoms with van der Waals surface area (Å²) in [7, 11) is 0. The fourth-order valence-corrected chi connectivity index (χ4v) is 2.25. The molecule has 5 heteroatoms. The highest BCUT2D eigenvalue weighted by Gasteiger charge is 2.25. The molecule has 0 heterocycles. The Morgan fingerprint density at radius 2 is 2.11 bits per heavy atom. The van der Waals surface area contributed by atoms with Gasteiger partial charge in [0.25, 0.3) is 5.69 Å². The molecule has 98 valence electrons. The van der Waals surface area contributed by atoms with Crippen molar-refractivity contribution in [3.63, 3.8) is 0 Å². The Hall–Kier alpha value is -1.62. The van der Waals surface area contributed by atoms with Crippen LogP contribution in [0.5, 0.6) is 5.75 Å². The number of hydrogen-bond donors (Lipinski definition) is 1. The molecule has 1 aliphatic rings. The molecule has 1 aliphatic carbocycles. The molecule has 2 rings (SSSR count). The highest BCUT2D eigenvalue weighted by molar-refractivity contribution is 5.45. The maximum absolute atomic E-state index is 10.8. The Kier molecular flexibility index (Phi) is 3.81. The third kappa shape index (κ3) is 2.79. The molecule has 18 heavy (non-hydrogen) atoms. The lowest BCUT2D eigenvalue weighted by atomic mass is 9.95. The van der Waals surface area contributed by atoms with E-state index in [4.69, 9.17) is 4.74 Å². The van der Waals surface area contributed by atoms with E-state index in [2.05, 4.69) is 0 Å². The Labute approximate surface area is 106 Å². The number of nitro groups is 1. The van der Waals surface area contributed by atoms with Crippen LogP contribution >= 0.6 is 0 Å². The maximum Gasteiger partial charge on any atom is 0.276 e. The fourth-order valence-electron chi connectivity index (χ4n) is 2.25. The molecule has 1 aromatic carbocycles. The Bertz CT molecular complexity index is 447. The minimum atomic E-state index is -0.473. The second kappa shape index (κ2) is 5.35. The molecule has 0 bridgehead atoms. The van der Waals surface area contributed by atoms with Crippen molar-refractivity contribution in [2.24, 2.45) is 0 Å². The zero-order chi connectivity index (χ0) is 13.1. The number of ether oxygens (including phenoxy) is 1. The number of rotatable bonds is 3. The van der Waals surface area contributed by atoms with Gasteiger partial charge < -0.3 is 9.84 Å². The van der Waals surface area contributed by atoms with Gasteiger partial charge in [-0.25, -0.2) is 0 Å². The lowest BCUT2D eigenvalue weighted by Gasteiger charge is -2.28. The molecule has 1 fully saturated rings. The van der Waals surface area contributed by atoms with Crippen molar-refractivity contribution in [2.75, 3.05) is 0 Å². The number of hydrogen-bond acceptors (Lipinski definition) is 4. The van der Waals surface area contributed by atoms with Crippen LogP contribution in [0.15, 0.2) is 18.2 Å². The van der Waals surface area contributed by atoms with Gasteiger partial charge in [-0.2, -0.15) is 0 Å². The molecule has 5 nitrogen and oxygen atoms in total. The number of aliphatic hydroxyl groups excluding tert-OH is 1. The van der Waals surface area contributed by atoms with Crippen molar-refractivity contribution < 1.29 is 14.8 Å².